The summed E-state index contributed by atoms with van der Waals surface area (Å²) in [6.45, 7) is 3.35. The molecular formula is C16H21NO3S. The number of carbonyl (C=O) groups excluding carboxylic acids is 1. The molecule has 114 valence electrons. The van der Waals surface area contributed by atoms with Crippen LogP contribution in [0.2, 0.25) is 0 Å². The van der Waals surface area contributed by atoms with Gasteiger partial charge in [0.15, 0.2) is 15.6 Å². The van der Waals surface area contributed by atoms with Gasteiger partial charge in [-0.1, -0.05) is 0 Å². The molecule has 1 aromatic rings. The Morgan fingerprint density at radius 1 is 1.14 bits per heavy atom. The van der Waals surface area contributed by atoms with E-state index >= 15 is 0 Å². The lowest BCUT2D eigenvalue weighted by Gasteiger charge is -2.35. The van der Waals surface area contributed by atoms with Crippen LogP contribution in [0.25, 0.3) is 0 Å². The third kappa shape index (κ3) is 2.84. The number of hydrogen-bond acceptors (Lipinski definition) is 4. The summed E-state index contributed by atoms with van der Waals surface area (Å²) in [7, 11) is -3.25. The number of piperidine rings is 1. The highest BCUT2D eigenvalue weighted by Gasteiger charge is 2.44. The van der Waals surface area contributed by atoms with E-state index in [0.29, 0.717) is 11.0 Å². The maximum absolute atomic E-state index is 11.8. The van der Waals surface area contributed by atoms with Crippen LogP contribution in [0.4, 0.5) is 5.69 Å². The van der Waals surface area contributed by atoms with Gasteiger partial charge < -0.3 is 4.90 Å². The molecule has 0 N–H and O–H groups in total. The molecule has 1 aliphatic heterocycles. The Bertz CT molecular complexity index is 679. The molecule has 2 fully saturated rings. The summed E-state index contributed by atoms with van der Waals surface area (Å²) in [4.78, 5) is 14.3. The summed E-state index contributed by atoms with van der Waals surface area (Å²) in [5.74, 6) is -0.0169. The first-order valence-electron chi connectivity index (χ1n) is 7.41. The molecule has 3 rings (SSSR count). The Hall–Kier alpha value is -1.36. The van der Waals surface area contributed by atoms with Crippen molar-refractivity contribution < 1.29 is 13.2 Å². The van der Waals surface area contributed by atoms with Crippen LogP contribution in [-0.4, -0.2) is 33.5 Å². The van der Waals surface area contributed by atoms with Crippen LogP contribution in [-0.2, 0) is 9.84 Å². The molecule has 1 saturated heterocycles. The maximum Gasteiger partial charge on any atom is 0.175 e. The number of anilines is 1. The van der Waals surface area contributed by atoms with Crippen LogP contribution in [0.3, 0.4) is 0 Å². The highest BCUT2D eigenvalue weighted by molar-refractivity contribution is 7.90. The number of ketones is 1. The molecule has 0 radical (unpaired) electrons. The van der Waals surface area contributed by atoms with E-state index in [9.17, 15) is 13.2 Å². The fourth-order valence-electron chi connectivity index (χ4n) is 3.20. The van der Waals surface area contributed by atoms with Gasteiger partial charge in [-0.3, -0.25) is 4.79 Å². The van der Waals surface area contributed by atoms with Gasteiger partial charge >= 0.3 is 0 Å². The van der Waals surface area contributed by atoms with Gasteiger partial charge in [0.05, 0.1) is 4.90 Å². The Balaban J connectivity index is 1.96. The molecular weight excluding hydrogens is 286 g/mol. The SMILES string of the molecule is CC(=O)c1ccc(S(C)(=O)=O)cc1N1CCC2(CC1)CC2. The number of benzene rings is 1. The van der Waals surface area contributed by atoms with Crippen molar-refractivity contribution in [2.24, 2.45) is 5.41 Å². The Morgan fingerprint density at radius 3 is 2.24 bits per heavy atom. The number of rotatable bonds is 3. The van der Waals surface area contributed by atoms with Crippen LogP contribution in [0, 0.1) is 5.41 Å². The van der Waals surface area contributed by atoms with E-state index in [0.717, 1.165) is 31.6 Å². The summed E-state index contributed by atoms with van der Waals surface area (Å²) < 4.78 is 23.5. The molecule has 0 unspecified atom stereocenters. The molecule has 1 aromatic carbocycles. The van der Waals surface area contributed by atoms with E-state index in [1.165, 1.54) is 32.1 Å². The molecule has 1 saturated carbocycles. The van der Waals surface area contributed by atoms with Crippen molar-refractivity contribution in [2.75, 3.05) is 24.2 Å². The van der Waals surface area contributed by atoms with Crippen LogP contribution in [0.5, 0.6) is 0 Å². The minimum Gasteiger partial charge on any atom is -0.371 e. The molecule has 0 atom stereocenters. The van der Waals surface area contributed by atoms with E-state index in [-0.39, 0.29) is 10.7 Å². The van der Waals surface area contributed by atoms with Gasteiger partial charge in [-0.2, -0.15) is 0 Å². The molecule has 1 heterocycles. The van der Waals surface area contributed by atoms with Gasteiger partial charge in [-0.15, -0.1) is 0 Å². The highest BCUT2D eigenvalue weighted by atomic mass is 32.2. The Labute approximate surface area is 126 Å². The third-order valence-electron chi connectivity index (χ3n) is 4.90. The minimum absolute atomic E-state index is 0.0169. The number of Topliss-reactive ketones (excluding diaryl/α,β-unsaturated/α-hetero) is 1. The monoisotopic (exact) mass is 307 g/mol. The number of nitrogens with zero attached hydrogens (tertiary/aromatic N) is 1. The second kappa shape index (κ2) is 4.83. The van der Waals surface area contributed by atoms with Crippen molar-refractivity contribution in [3.63, 3.8) is 0 Å². The van der Waals surface area contributed by atoms with E-state index in [2.05, 4.69) is 4.90 Å². The van der Waals surface area contributed by atoms with E-state index in [4.69, 9.17) is 0 Å². The minimum atomic E-state index is -3.25. The highest BCUT2D eigenvalue weighted by Crippen LogP contribution is 2.54. The van der Waals surface area contributed by atoms with Gasteiger partial charge in [0.1, 0.15) is 0 Å². The predicted molar refractivity (Wildman–Crippen MR) is 82.7 cm³/mol. The van der Waals surface area contributed by atoms with E-state index < -0.39 is 9.84 Å². The molecule has 2 aliphatic rings. The van der Waals surface area contributed by atoms with Crippen molar-refractivity contribution in [3.8, 4) is 0 Å². The average molecular weight is 307 g/mol. The molecule has 21 heavy (non-hydrogen) atoms. The van der Waals surface area contributed by atoms with Crippen molar-refractivity contribution in [1.82, 2.24) is 0 Å². The molecule has 1 spiro atoms. The van der Waals surface area contributed by atoms with Crippen LogP contribution < -0.4 is 4.90 Å². The lowest BCUT2D eigenvalue weighted by Crippen LogP contribution is -2.35. The zero-order valence-corrected chi connectivity index (χ0v) is 13.4. The molecule has 1 aliphatic carbocycles. The molecule has 0 aromatic heterocycles. The molecule has 5 heteroatoms. The standard InChI is InChI=1S/C16H21NO3S/c1-12(18)14-4-3-13(21(2,19)20)11-15(14)17-9-7-16(5-6-16)8-10-17/h3-4,11H,5-10H2,1-2H3. The quantitative estimate of drug-likeness (QED) is 0.806. The topological polar surface area (TPSA) is 54.5 Å². The second-order valence-corrected chi connectivity index (χ2v) is 8.51. The fourth-order valence-corrected chi connectivity index (χ4v) is 3.84. The Kier molecular flexibility index (Phi) is 3.35. The third-order valence-corrected chi connectivity index (χ3v) is 6.01. The predicted octanol–water partition coefficient (Wildman–Crippen LogP) is 2.67. The summed E-state index contributed by atoms with van der Waals surface area (Å²) in [5, 5.41) is 0. The van der Waals surface area contributed by atoms with Gasteiger partial charge in [0, 0.05) is 30.6 Å². The summed E-state index contributed by atoms with van der Waals surface area (Å²) >= 11 is 0. The van der Waals surface area contributed by atoms with Crippen molar-refractivity contribution in [3.05, 3.63) is 23.8 Å². The lowest BCUT2D eigenvalue weighted by molar-refractivity contribution is 0.101. The first kappa shape index (κ1) is 14.6. The van der Waals surface area contributed by atoms with Crippen molar-refractivity contribution in [2.45, 2.75) is 37.5 Å². The number of carbonyl (C=O) groups is 1. The van der Waals surface area contributed by atoms with Crippen LogP contribution >= 0.6 is 0 Å². The molecule has 0 bridgehead atoms. The fraction of sp³-hybridized carbons (Fsp3) is 0.562. The summed E-state index contributed by atoms with van der Waals surface area (Å²) in [6, 6.07) is 4.84. The van der Waals surface area contributed by atoms with Crippen molar-refractivity contribution >= 4 is 21.3 Å². The first-order chi connectivity index (χ1) is 9.81. The zero-order valence-electron chi connectivity index (χ0n) is 12.6. The summed E-state index contributed by atoms with van der Waals surface area (Å²) in [5.41, 5.74) is 1.96. The first-order valence-corrected chi connectivity index (χ1v) is 9.30. The van der Waals surface area contributed by atoms with Crippen molar-refractivity contribution in [1.29, 1.82) is 0 Å². The smallest absolute Gasteiger partial charge is 0.175 e. The summed E-state index contributed by atoms with van der Waals surface area (Å²) in [6.07, 6.45) is 6.14. The number of hydrogen-bond donors (Lipinski definition) is 0. The largest absolute Gasteiger partial charge is 0.371 e. The van der Waals surface area contributed by atoms with Crippen LogP contribution in [0.15, 0.2) is 23.1 Å². The van der Waals surface area contributed by atoms with Gasteiger partial charge in [-0.25, -0.2) is 8.42 Å². The van der Waals surface area contributed by atoms with Gasteiger partial charge in [0.2, 0.25) is 0 Å². The van der Waals surface area contributed by atoms with Gasteiger partial charge in [-0.05, 0) is 56.2 Å². The maximum atomic E-state index is 11.8. The van der Waals surface area contributed by atoms with Crippen LogP contribution in [0.1, 0.15) is 43.0 Å². The normalized spacial score (nSPS) is 20.6. The average Bonchev–Trinajstić information content (AvgIpc) is 3.17. The van der Waals surface area contributed by atoms with Gasteiger partial charge in [0.25, 0.3) is 0 Å². The molecule has 0 amide bonds. The lowest BCUT2D eigenvalue weighted by atomic mass is 9.93. The zero-order chi connectivity index (χ0) is 15.3. The number of sulfone groups is 1. The van der Waals surface area contributed by atoms with E-state index in [1.807, 2.05) is 0 Å². The van der Waals surface area contributed by atoms with E-state index in [1.54, 1.807) is 12.1 Å². The Morgan fingerprint density at radius 2 is 1.76 bits per heavy atom. The second-order valence-electron chi connectivity index (χ2n) is 6.49. The molecule has 4 nitrogen and oxygen atoms in total.